The third kappa shape index (κ3) is 5.30. The Morgan fingerprint density at radius 3 is 2.77 bits per heavy atom. The fraction of sp³-hybridized carbons (Fsp3) is 0.348. The molecule has 0 bridgehead atoms. The minimum atomic E-state index is -0.279. The normalized spacial score (nSPS) is 12.2. The van der Waals surface area contributed by atoms with Crippen LogP contribution in [0.4, 0.5) is 0 Å². The van der Waals surface area contributed by atoms with Crippen LogP contribution in [0.2, 0.25) is 0 Å². The van der Waals surface area contributed by atoms with E-state index >= 15 is 0 Å². The van der Waals surface area contributed by atoms with Gasteiger partial charge in [0.05, 0.1) is 17.3 Å². The van der Waals surface area contributed by atoms with Gasteiger partial charge in [-0.15, -0.1) is 0 Å². The molecule has 0 saturated carbocycles. The molecule has 0 amide bonds. The van der Waals surface area contributed by atoms with E-state index in [1.165, 1.54) is 12.8 Å². The fourth-order valence-electron chi connectivity index (χ4n) is 3.11. The average molecular weight is 349 g/mol. The molecule has 3 nitrogen and oxygen atoms in total. The van der Waals surface area contributed by atoms with E-state index in [4.69, 9.17) is 4.74 Å². The number of hydrogen-bond acceptors (Lipinski definition) is 3. The molecular formula is C23H27NO2. The molecule has 3 aromatic rings. The summed E-state index contributed by atoms with van der Waals surface area (Å²) in [5, 5.41) is 11.3. The summed E-state index contributed by atoms with van der Waals surface area (Å²) in [6, 6.07) is 20.2. The first-order chi connectivity index (χ1) is 12.7. The van der Waals surface area contributed by atoms with Gasteiger partial charge in [0.1, 0.15) is 12.4 Å². The molecule has 1 unspecified atom stereocenters. The van der Waals surface area contributed by atoms with E-state index in [-0.39, 0.29) is 6.10 Å². The number of aliphatic hydroxyl groups is 1. The number of aliphatic hydroxyl groups excluding tert-OH is 1. The molecule has 1 aromatic heterocycles. The minimum absolute atomic E-state index is 0.279. The first-order valence-electron chi connectivity index (χ1n) is 9.49. The summed E-state index contributed by atoms with van der Waals surface area (Å²) in [5.41, 5.74) is 3.00. The number of nitrogens with zero attached hydrogens (tertiary/aromatic N) is 1. The van der Waals surface area contributed by atoms with E-state index in [1.807, 2.05) is 48.5 Å². The lowest BCUT2D eigenvalue weighted by Gasteiger charge is -2.12. The number of fused-ring (bicyclic) bond motifs is 1. The SMILES string of the molecule is CCCCCC(O)Cc1cccc(OCc2ccc3ccccc3n2)c1. The number of pyridine rings is 1. The van der Waals surface area contributed by atoms with Gasteiger partial charge in [-0.1, -0.05) is 62.6 Å². The zero-order valence-electron chi connectivity index (χ0n) is 15.4. The summed E-state index contributed by atoms with van der Waals surface area (Å²) in [5.74, 6) is 0.818. The quantitative estimate of drug-likeness (QED) is 0.533. The molecule has 3 heteroatoms. The molecule has 0 saturated heterocycles. The summed E-state index contributed by atoms with van der Waals surface area (Å²) in [6.45, 7) is 2.62. The maximum atomic E-state index is 10.2. The number of ether oxygens (including phenoxy) is 1. The van der Waals surface area contributed by atoms with Crippen LogP contribution >= 0.6 is 0 Å². The van der Waals surface area contributed by atoms with Crippen LogP contribution in [0.25, 0.3) is 10.9 Å². The van der Waals surface area contributed by atoms with E-state index in [2.05, 4.69) is 24.0 Å². The Morgan fingerprint density at radius 2 is 1.88 bits per heavy atom. The van der Waals surface area contributed by atoms with Crippen molar-refractivity contribution in [2.24, 2.45) is 0 Å². The third-order valence-electron chi connectivity index (χ3n) is 4.55. The summed E-state index contributed by atoms with van der Waals surface area (Å²) < 4.78 is 5.92. The van der Waals surface area contributed by atoms with Crippen LogP contribution in [0.1, 0.15) is 43.9 Å². The van der Waals surface area contributed by atoms with Crippen molar-refractivity contribution in [3.8, 4) is 5.75 Å². The van der Waals surface area contributed by atoms with Crippen LogP contribution in [0.15, 0.2) is 60.7 Å². The first kappa shape index (κ1) is 18.4. The zero-order chi connectivity index (χ0) is 18.2. The number of benzene rings is 2. The van der Waals surface area contributed by atoms with Crippen molar-refractivity contribution in [3.63, 3.8) is 0 Å². The van der Waals surface area contributed by atoms with E-state index in [0.29, 0.717) is 13.0 Å². The highest BCUT2D eigenvalue weighted by molar-refractivity contribution is 5.78. The molecule has 0 aliphatic carbocycles. The van der Waals surface area contributed by atoms with Crippen molar-refractivity contribution >= 4 is 10.9 Å². The first-order valence-corrected chi connectivity index (χ1v) is 9.49. The third-order valence-corrected chi connectivity index (χ3v) is 4.55. The number of hydrogen-bond donors (Lipinski definition) is 1. The topological polar surface area (TPSA) is 42.4 Å². The van der Waals surface area contributed by atoms with Crippen molar-refractivity contribution < 1.29 is 9.84 Å². The molecule has 1 atom stereocenters. The van der Waals surface area contributed by atoms with E-state index in [9.17, 15) is 5.11 Å². The van der Waals surface area contributed by atoms with Gasteiger partial charge in [-0.3, -0.25) is 0 Å². The second-order valence-electron chi connectivity index (χ2n) is 6.79. The lowest BCUT2D eigenvalue weighted by Crippen LogP contribution is -2.10. The summed E-state index contributed by atoms with van der Waals surface area (Å²) in [6.07, 6.45) is 4.70. The molecule has 0 fully saturated rings. The van der Waals surface area contributed by atoms with Crippen LogP contribution < -0.4 is 4.74 Å². The molecule has 0 radical (unpaired) electrons. The Labute approximate surface area is 155 Å². The maximum absolute atomic E-state index is 10.2. The predicted octanol–water partition coefficient (Wildman–Crippen LogP) is 5.30. The molecule has 0 spiro atoms. The van der Waals surface area contributed by atoms with Gasteiger partial charge in [0.25, 0.3) is 0 Å². The fourth-order valence-corrected chi connectivity index (χ4v) is 3.11. The van der Waals surface area contributed by atoms with Crippen LogP contribution in [0.5, 0.6) is 5.75 Å². The van der Waals surface area contributed by atoms with Crippen molar-refractivity contribution in [1.82, 2.24) is 4.98 Å². The van der Waals surface area contributed by atoms with Crippen molar-refractivity contribution in [2.75, 3.05) is 0 Å². The Bertz CT molecular complexity index is 831. The van der Waals surface area contributed by atoms with E-state index < -0.39 is 0 Å². The molecule has 2 aromatic carbocycles. The summed E-state index contributed by atoms with van der Waals surface area (Å²) >= 11 is 0. The molecule has 26 heavy (non-hydrogen) atoms. The highest BCUT2D eigenvalue weighted by Gasteiger charge is 2.07. The molecular weight excluding hydrogens is 322 g/mol. The van der Waals surface area contributed by atoms with Gasteiger partial charge >= 0.3 is 0 Å². The molecule has 0 aliphatic heterocycles. The number of rotatable bonds is 9. The highest BCUT2D eigenvalue weighted by atomic mass is 16.5. The number of para-hydroxylation sites is 1. The van der Waals surface area contributed by atoms with Gasteiger partial charge < -0.3 is 9.84 Å². The molecule has 3 rings (SSSR count). The van der Waals surface area contributed by atoms with Gasteiger partial charge in [0.15, 0.2) is 0 Å². The lowest BCUT2D eigenvalue weighted by molar-refractivity contribution is 0.161. The Kier molecular flexibility index (Phi) is 6.62. The largest absolute Gasteiger partial charge is 0.487 e. The molecule has 1 heterocycles. The Hall–Kier alpha value is -2.39. The smallest absolute Gasteiger partial charge is 0.130 e. The van der Waals surface area contributed by atoms with Crippen molar-refractivity contribution in [3.05, 3.63) is 71.9 Å². The van der Waals surface area contributed by atoms with Crippen LogP contribution in [0.3, 0.4) is 0 Å². The van der Waals surface area contributed by atoms with Gasteiger partial charge in [-0.05, 0) is 42.7 Å². The Balaban J connectivity index is 1.57. The van der Waals surface area contributed by atoms with E-state index in [1.54, 1.807) is 0 Å². The second-order valence-corrected chi connectivity index (χ2v) is 6.79. The van der Waals surface area contributed by atoms with Gasteiger partial charge in [0, 0.05) is 5.39 Å². The maximum Gasteiger partial charge on any atom is 0.130 e. The Morgan fingerprint density at radius 1 is 1.00 bits per heavy atom. The predicted molar refractivity (Wildman–Crippen MR) is 106 cm³/mol. The molecule has 136 valence electrons. The number of unbranched alkanes of at least 4 members (excludes halogenated alkanes) is 2. The van der Waals surface area contributed by atoms with Gasteiger partial charge in [0.2, 0.25) is 0 Å². The molecule has 1 N–H and O–H groups in total. The van der Waals surface area contributed by atoms with Gasteiger partial charge in [-0.25, -0.2) is 4.98 Å². The van der Waals surface area contributed by atoms with Crippen LogP contribution in [0, 0.1) is 0 Å². The summed E-state index contributed by atoms with van der Waals surface area (Å²) in [4.78, 5) is 4.64. The van der Waals surface area contributed by atoms with Crippen molar-refractivity contribution in [1.29, 1.82) is 0 Å². The monoisotopic (exact) mass is 349 g/mol. The van der Waals surface area contributed by atoms with Crippen molar-refractivity contribution in [2.45, 2.75) is 51.7 Å². The van der Waals surface area contributed by atoms with Crippen LogP contribution in [-0.2, 0) is 13.0 Å². The minimum Gasteiger partial charge on any atom is -0.487 e. The summed E-state index contributed by atoms with van der Waals surface area (Å²) in [7, 11) is 0. The number of aromatic nitrogens is 1. The second kappa shape index (κ2) is 9.35. The lowest BCUT2D eigenvalue weighted by atomic mass is 10.0. The highest BCUT2D eigenvalue weighted by Crippen LogP contribution is 2.18. The standard InChI is InChI=1S/C23H27NO2/c1-2-3-4-10-21(25)15-18-8-7-11-22(16-18)26-17-20-14-13-19-9-5-6-12-23(19)24-20/h5-9,11-14,16,21,25H,2-4,10,15,17H2,1H3. The average Bonchev–Trinajstić information content (AvgIpc) is 2.67. The molecule has 0 aliphatic rings. The van der Waals surface area contributed by atoms with Crippen LogP contribution in [-0.4, -0.2) is 16.2 Å². The van der Waals surface area contributed by atoms with E-state index in [0.717, 1.165) is 40.8 Å². The van der Waals surface area contributed by atoms with Gasteiger partial charge in [-0.2, -0.15) is 0 Å². The zero-order valence-corrected chi connectivity index (χ0v) is 15.4.